The lowest BCUT2D eigenvalue weighted by Gasteiger charge is -2.08. The minimum absolute atomic E-state index is 0.0594. The van der Waals surface area contributed by atoms with Crippen LogP contribution in [0.1, 0.15) is 5.56 Å². The molecular formula is C17H12ClF2N3O. The molecular weight excluding hydrogens is 336 g/mol. The highest BCUT2D eigenvalue weighted by Gasteiger charge is 2.11. The van der Waals surface area contributed by atoms with Crippen molar-refractivity contribution in [2.45, 2.75) is 6.92 Å². The van der Waals surface area contributed by atoms with Gasteiger partial charge >= 0.3 is 0 Å². The molecule has 4 nitrogen and oxygen atoms in total. The minimum Gasteiger partial charge on any atom is -0.358 e. The van der Waals surface area contributed by atoms with Gasteiger partial charge in [-0.1, -0.05) is 17.7 Å². The molecule has 2 aromatic rings. The average molecular weight is 348 g/mol. The molecule has 0 heterocycles. The van der Waals surface area contributed by atoms with Crippen LogP contribution >= 0.6 is 11.6 Å². The number of carbonyl (C=O) groups excluding carboxylic acids is 1. The van der Waals surface area contributed by atoms with Crippen LogP contribution in [-0.2, 0) is 4.79 Å². The Bertz CT molecular complexity index is 859. The van der Waals surface area contributed by atoms with E-state index in [2.05, 4.69) is 10.6 Å². The number of anilines is 2. The van der Waals surface area contributed by atoms with E-state index < -0.39 is 17.5 Å². The number of nitrogens with zero attached hydrogens (tertiary/aromatic N) is 1. The van der Waals surface area contributed by atoms with Gasteiger partial charge in [0.25, 0.3) is 5.91 Å². The van der Waals surface area contributed by atoms with Gasteiger partial charge in [-0.2, -0.15) is 5.26 Å². The van der Waals surface area contributed by atoms with Gasteiger partial charge in [0.05, 0.1) is 5.69 Å². The van der Waals surface area contributed by atoms with E-state index in [1.54, 1.807) is 31.2 Å². The van der Waals surface area contributed by atoms with E-state index in [0.29, 0.717) is 16.8 Å². The molecule has 2 N–H and O–H groups in total. The lowest BCUT2D eigenvalue weighted by molar-refractivity contribution is -0.112. The zero-order valence-electron chi connectivity index (χ0n) is 12.5. The molecule has 0 bridgehead atoms. The summed E-state index contributed by atoms with van der Waals surface area (Å²) >= 11 is 5.87. The largest absolute Gasteiger partial charge is 0.358 e. The van der Waals surface area contributed by atoms with Crippen LogP contribution in [0.15, 0.2) is 48.2 Å². The van der Waals surface area contributed by atoms with E-state index >= 15 is 0 Å². The Morgan fingerprint density at radius 3 is 2.62 bits per heavy atom. The van der Waals surface area contributed by atoms with Crippen LogP contribution in [0.3, 0.4) is 0 Å². The van der Waals surface area contributed by atoms with Gasteiger partial charge in [0.15, 0.2) is 0 Å². The molecule has 2 rings (SSSR count). The number of aryl methyl sites for hydroxylation is 1. The van der Waals surface area contributed by atoms with Crippen LogP contribution in [-0.4, -0.2) is 5.91 Å². The molecule has 0 spiro atoms. The maximum atomic E-state index is 13.5. The van der Waals surface area contributed by atoms with Crippen molar-refractivity contribution in [1.82, 2.24) is 0 Å². The Hall–Kier alpha value is -2.91. The summed E-state index contributed by atoms with van der Waals surface area (Å²) in [6.07, 6.45) is 1.05. The van der Waals surface area contributed by atoms with Crippen LogP contribution in [0.25, 0.3) is 0 Å². The van der Waals surface area contributed by atoms with Gasteiger partial charge in [0, 0.05) is 23.0 Å². The van der Waals surface area contributed by atoms with E-state index in [4.69, 9.17) is 16.9 Å². The number of rotatable bonds is 4. The van der Waals surface area contributed by atoms with Gasteiger partial charge < -0.3 is 10.6 Å². The second kappa shape index (κ2) is 7.57. The van der Waals surface area contributed by atoms with Gasteiger partial charge in [0.2, 0.25) is 0 Å². The number of amides is 1. The summed E-state index contributed by atoms with van der Waals surface area (Å²) in [6.45, 7) is 1.77. The summed E-state index contributed by atoms with van der Waals surface area (Å²) < 4.78 is 26.4. The van der Waals surface area contributed by atoms with E-state index in [1.807, 2.05) is 0 Å². The van der Waals surface area contributed by atoms with Crippen LogP contribution in [0.4, 0.5) is 20.2 Å². The highest BCUT2D eigenvalue weighted by Crippen LogP contribution is 2.21. The van der Waals surface area contributed by atoms with Gasteiger partial charge in [0.1, 0.15) is 23.3 Å². The minimum atomic E-state index is -0.838. The normalized spacial score (nSPS) is 10.9. The molecule has 0 aliphatic heterocycles. The van der Waals surface area contributed by atoms with Crippen LogP contribution in [0.5, 0.6) is 0 Å². The molecule has 0 aliphatic carbocycles. The molecule has 0 aromatic heterocycles. The quantitative estimate of drug-likeness (QED) is 0.637. The fraction of sp³-hybridized carbons (Fsp3) is 0.0588. The Balaban J connectivity index is 2.16. The van der Waals surface area contributed by atoms with E-state index in [0.717, 1.165) is 23.9 Å². The van der Waals surface area contributed by atoms with Gasteiger partial charge in [-0.15, -0.1) is 0 Å². The third-order valence-electron chi connectivity index (χ3n) is 3.12. The number of benzene rings is 2. The van der Waals surface area contributed by atoms with Crippen LogP contribution in [0.2, 0.25) is 5.02 Å². The molecule has 0 fully saturated rings. The lowest BCUT2D eigenvalue weighted by atomic mass is 10.2. The molecule has 1 amide bonds. The van der Waals surface area contributed by atoms with Crippen molar-refractivity contribution in [3.05, 3.63) is 70.4 Å². The molecule has 0 atom stereocenters. The van der Waals surface area contributed by atoms with E-state index in [1.165, 1.54) is 0 Å². The first-order valence-electron chi connectivity index (χ1n) is 6.80. The Morgan fingerprint density at radius 2 is 1.96 bits per heavy atom. The van der Waals surface area contributed by atoms with Crippen molar-refractivity contribution < 1.29 is 13.6 Å². The summed E-state index contributed by atoms with van der Waals surface area (Å²) in [5, 5.41) is 14.6. The number of carbonyl (C=O) groups is 1. The molecule has 0 unspecified atom stereocenters. The highest BCUT2D eigenvalue weighted by atomic mass is 35.5. The van der Waals surface area contributed by atoms with Crippen molar-refractivity contribution in [2.75, 3.05) is 10.6 Å². The molecule has 122 valence electrons. The summed E-state index contributed by atoms with van der Waals surface area (Å²) in [7, 11) is 0. The molecule has 7 heteroatoms. The zero-order valence-corrected chi connectivity index (χ0v) is 13.3. The molecule has 2 aromatic carbocycles. The fourth-order valence-electron chi connectivity index (χ4n) is 1.82. The van der Waals surface area contributed by atoms with Crippen molar-refractivity contribution in [3.63, 3.8) is 0 Å². The zero-order chi connectivity index (χ0) is 17.7. The lowest BCUT2D eigenvalue weighted by Crippen LogP contribution is -2.15. The van der Waals surface area contributed by atoms with E-state index in [9.17, 15) is 13.6 Å². The van der Waals surface area contributed by atoms with Crippen LogP contribution < -0.4 is 10.6 Å². The molecule has 0 saturated heterocycles. The predicted octanol–water partition coefficient (Wildman–Crippen LogP) is 4.38. The molecule has 0 aliphatic rings. The van der Waals surface area contributed by atoms with Crippen molar-refractivity contribution in [3.8, 4) is 6.07 Å². The monoisotopic (exact) mass is 347 g/mol. The highest BCUT2D eigenvalue weighted by molar-refractivity contribution is 6.31. The number of hydrogen-bond donors (Lipinski definition) is 2. The predicted molar refractivity (Wildman–Crippen MR) is 88.5 cm³/mol. The average Bonchev–Trinajstić information content (AvgIpc) is 2.53. The number of nitrogens with one attached hydrogen (secondary N) is 2. The van der Waals surface area contributed by atoms with Crippen molar-refractivity contribution in [2.24, 2.45) is 0 Å². The summed E-state index contributed by atoms with van der Waals surface area (Å²) in [6, 6.07) is 9.57. The molecule has 24 heavy (non-hydrogen) atoms. The Labute approximate surface area is 142 Å². The summed E-state index contributed by atoms with van der Waals surface area (Å²) in [5.74, 6) is -2.25. The molecule has 0 radical (unpaired) electrons. The van der Waals surface area contributed by atoms with Crippen molar-refractivity contribution in [1.29, 1.82) is 5.26 Å². The topological polar surface area (TPSA) is 64.9 Å². The number of halogens is 3. The Kier molecular flexibility index (Phi) is 5.51. The van der Waals surface area contributed by atoms with E-state index in [-0.39, 0.29) is 11.3 Å². The Morgan fingerprint density at radius 1 is 1.21 bits per heavy atom. The van der Waals surface area contributed by atoms with Crippen molar-refractivity contribution >= 4 is 28.9 Å². The summed E-state index contributed by atoms with van der Waals surface area (Å²) in [4.78, 5) is 12.1. The number of hydrogen-bond acceptors (Lipinski definition) is 3. The third kappa shape index (κ3) is 4.31. The first-order chi connectivity index (χ1) is 11.4. The van der Waals surface area contributed by atoms with Gasteiger partial charge in [-0.05, 0) is 36.8 Å². The fourth-order valence-corrected chi connectivity index (χ4v) is 2.00. The molecule has 0 saturated carbocycles. The third-order valence-corrected chi connectivity index (χ3v) is 3.35. The second-order valence-corrected chi connectivity index (χ2v) is 5.29. The number of nitriles is 1. The van der Waals surface area contributed by atoms with Gasteiger partial charge in [-0.25, -0.2) is 8.78 Å². The SMILES string of the molecule is Cc1ccc(Cl)cc1NC(=O)/C(C#N)=C\Nc1ccc(F)cc1F. The standard InChI is InChI=1S/C17H12ClF2N3O/c1-10-2-3-12(18)6-16(10)23-17(24)11(8-21)9-22-15-5-4-13(19)7-14(15)20/h2-7,9,22H,1H3,(H,23,24)/b11-9-. The summed E-state index contributed by atoms with van der Waals surface area (Å²) in [5.41, 5.74) is 0.887. The smallest absolute Gasteiger partial charge is 0.267 e. The first kappa shape index (κ1) is 17.4. The maximum Gasteiger partial charge on any atom is 0.267 e. The maximum absolute atomic E-state index is 13.5. The van der Waals surface area contributed by atoms with Crippen LogP contribution in [0, 0.1) is 29.9 Å². The second-order valence-electron chi connectivity index (χ2n) is 4.85. The first-order valence-corrected chi connectivity index (χ1v) is 7.18. The van der Waals surface area contributed by atoms with Gasteiger partial charge in [-0.3, -0.25) is 4.79 Å².